The zero-order valence-corrected chi connectivity index (χ0v) is 15.7. The van der Waals surface area contributed by atoms with E-state index in [-0.39, 0.29) is 5.56 Å². The van der Waals surface area contributed by atoms with E-state index in [2.05, 4.69) is 19.9 Å². The normalized spacial score (nSPS) is 12.8. The zero-order valence-electron chi connectivity index (χ0n) is 14.9. The molecule has 0 aliphatic rings. The fraction of sp³-hybridized carbons (Fsp3) is 0.222. The Morgan fingerprint density at radius 1 is 0.742 bits per heavy atom. The van der Waals surface area contributed by atoms with Crippen LogP contribution in [-0.4, -0.2) is 32.3 Å². The van der Waals surface area contributed by atoms with Crippen molar-refractivity contribution in [2.75, 3.05) is 0 Å². The van der Waals surface area contributed by atoms with Crippen molar-refractivity contribution in [3.8, 4) is 22.6 Å². The van der Waals surface area contributed by atoms with E-state index in [0.717, 1.165) is 6.20 Å². The highest BCUT2D eigenvalue weighted by atomic mass is 35.5. The van der Waals surface area contributed by atoms with Crippen LogP contribution in [0.2, 0.25) is 5.02 Å². The molecular weight excluding hydrogens is 460 g/mol. The molecule has 0 N–H and O–H groups in total. The van der Waals surface area contributed by atoms with Crippen molar-refractivity contribution in [1.82, 2.24) is 19.9 Å². The van der Waals surface area contributed by atoms with Gasteiger partial charge in [-0.3, -0.25) is 4.98 Å². The van der Waals surface area contributed by atoms with E-state index in [1.807, 2.05) is 0 Å². The summed E-state index contributed by atoms with van der Waals surface area (Å²) in [6, 6.07) is 8.99. The predicted molar refractivity (Wildman–Crippen MR) is 93.2 cm³/mol. The number of hydrogen-bond donors (Lipinski definition) is 0. The van der Waals surface area contributed by atoms with E-state index >= 15 is 0 Å². The highest BCUT2D eigenvalue weighted by Crippen LogP contribution is 2.42. The first-order valence-corrected chi connectivity index (χ1v) is 8.63. The van der Waals surface area contributed by atoms with Crippen LogP contribution in [0.3, 0.4) is 0 Å². The summed E-state index contributed by atoms with van der Waals surface area (Å²) < 4.78 is 104. The van der Waals surface area contributed by atoms with Crippen molar-refractivity contribution in [1.29, 1.82) is 0 Å². The number of benzene rings is 1. The van der Waals surface area contributed by atoms with Crippen molar-refractivity contribution in [2.24, 2.45) is 0 Å². The van der Waals surface area contributed by atoms with Crippen molar-refractivity contribution < 1.29 is 35.1 Å². The van der Waals surface area contributed by atoms with Gasteiger partial charge in [-0.2, -0.15) is 35.1 Å². The fourth-order valence-corrected chi connectivity index (χ4v) is 2.52. The zero-order chi connectivity index (χ0) is 23.0. The third-order valence-corrected chi connectivity index (χ3v) is 4.09. The molecule has 0 atom stereocenters. The van der Waals surface area contributed by atoms with Crippen LogP contribution in [0.1, 0.15) is 11.6 Å². The van der Waals surface area contributed by atoms with E-state index in [1.54, 1.807) is 24.3 Å². The average Bonchev–Trinajstić information content (AvgIpc) is 2.66. The molecule has 0 bridgehead atoms. The van der Waals surface area contributed by atoms with Crippen LogP contribution in [0.4, 0.5) is 35.1 Å². The Morgan fingerprint density at radius 3 is 1.87 bits per heavy atom. The monoisotopic (exact) mass is 468 g/mol. The molecule has 3 aromatic rings. The molecule has 0 spiro atoms. The van der Waals surface area contributed by atoms with Gasteiger partial charge in [-0.05, 0) is 24.3 Å². The molecule has 0 radical (unpaired) electrons. The second kappa shape index (κ2) is 7.98. The van der Waals surface area contributed by atoms with Gasteiger partial charge in [0.25, 0.3) is 0 Å². The van der Waals surface area contributed by atoms with Crippen LogP contribution in [0.15, 0.2) is 42.6 Å². The van der Waals surface area contributed by atoms with E-state index in [0.29, 0.717) is 16.3 Å². The minimum atomic E-state index is -6.11. The molecule has 164 valence electrons. The first-order valence-electron chi connectivity index (χ1n) is 8.25. The van der Waals surface area contributed by atoms with Crippen LogP contribution >= 0.6 is 11.6 Å². The second-order valence-electron chi connectivity index (χ2n) is 6.20. The smallest absolute Gasteiger partial charge is 0.255 e. The van der Waals surface area contributed by atoms with Gasteiger partial charge >= 0.3 is 18.3 Å². The lowest BCUT2D eigenvalue weighted by atomic mass is 10.1. The Morgan fingerprint density at radius 2 is 1.35 bits per heavy atom. The quantitative estimate of drug-likeness (QED) is 0.440. The molecule has 0 saturated carbocycles. The minimum Gasteiger partial charge on any atom is -0.255 e. The maximum absolute atomic E-state index is 13.7. The summed E-state index contributed by atoms with van der Waals surface area (Å²) in [7, 11) is 0. The number of nitrogens with zero attached hydrogens (tertiary/aromatic N) is 4. The van der Waals surface area contributed by atoms with Crippen LogP contribution in [0, 0.1) is 0 Å². The number of pyridine rings is 1. The minimum absolute atomic E-state index is 0.178. The molecule has 0 aliphatic carbocycles. The summed E-state index contributed by atoms with van der Waals surface area (Å²) in [4.78, 5) is 13.2. The molecule has 0 amide bonds. The topological polar surface area (TPSA) is 51.6 Å². The number of aromatic nitrogens is 4. The van der Waals surface area contributed by atoms with Gasteiger partial charge in [0.1, 0.15) is 12.2 Å². The lowest BCUT2D eigenvalue weighted by molar-refractivity contribution is -0.292. The molecule has 4 nitrogen and oxygen atoms in total. The standard InChI is InChI=1S/C18H9ClF8N4/c19-11-4-1-9(2-5-11)12-6-3-10(8-28-12)14-29-13(7-16(20,21)22)30-15(31-14)17(23,24)18(25,26)27/h1-6,8H,7H2. The number of rotatable bonds is 4. The number of halogens is 9. The van der Waals surface area contributed by atoms with Gasteiger partial charge in [-0.25, -0.2) is 15.0 Å². The fourth-order valence-electron chi connectivity index (χ4n) is 2.39. The summed E-state index contributed by atoms with van der Waals surface area (Å²) >= 11 is 5.78. The highest BCUT2D eigenvalue weighted by Gasteiger charge is 2.61. The lowest BCUT2D eigenvalue weighted by Crippen LogP contribution is -2.36. The van der Waals surface area contributed by atoms with E-state index < -0.39 is 42.2 Å². The predicted octanol–water partition coefficient (Wildman–Crippen LogP) is 6.01. The Kier molecular flexibility index (Phi) is 5.87. The molecule has 31 heavy (non-hydrogen) atoms. The van der Waals surface area contributed by atoms with E-state index in [9.17, 15) is 35.1 Å². The molecule has 1 aromatic carbocycles. The SMILES string of the molecule is FC(F)(F)Cc1nc(-c2ccc(-c3ccc(Cl)cc3)nc2)nc(C(F)(F)C(F)(F)F)n1. The third kappa shape index (κ3) is 5.24. The van der Waals surface area contributed by atoms with Gasteiger partial charge in [-0.1, -0.05) is 23.7 Å². The van der Waals surface area contributed by atoms with E-state index in [1.165, 1.54) is 12.1 Å². The summed E-state index contributed by atoms with van der Waals surface area (Å²) in [5, 5.41) is 0.459. The third-order valence-electron chi connectivity index (χ3n) is 3.84. The average molecular weight is 469 g/mol. The molecular formula is C18H9ClF8N4. The summed E-state index contributed by atoms with van der Waals surface area (Å²) in [6.07, 6.45) is -11.9. The molecule has 0 aliphatic heterocycles. The van der Waals surface area contributed by atoms with Gasteiger partial charge in [0, 0.05) is 22.3 Å². The Labute approximate surface area is 174 Å². The largest absolute Gasteiger partial charge is 0.461 e. The maximum Gasteiger partial charge on any atom is 0.461 e. The Bertz CT molecular complexity index is 1060. The summed E-state index contributed by atoms with van der Waals surface area (Å²) in [6.45, 7) is 0. The van der Waals surface area contributed by atoms with Crippen LogP contribution in [-0.2, 0) is 12.3 Å². The maximum atomic E-state index is 13.7. The molecule has 13 heteroatoms. The van der Waals surface area contributed by atoms with Gasteiger partial charge in [0.15, 0.2) is 5.82 Å². The molecule has 0 saturated heterocycles. The Hall–Kier alpha value is -2.89. The van der Waals surface area contributed by atoms with Gasteiger partial charge in [0.2, 0.25) is 5.82 Å². The number of alkyl halides is 8. The van der Waals surface area contributed by atoms with Crippen molar-refractivity contribution in [3.63, 3.8) is 0 Å². The summed E-state index contributed by atoms with van der Waals surface area (Å²) in [5.41, 5.74) is 0.808. The highest BCUT2D eigenvalue weighted by molar-refractivity contribution is 6.30. The van der Waals surface area contributed by atoms with Crippen LogP contribution < -0.4 is 0 Å². The molecule has 2 aromatic heterocycles. The molecule has 0 unspecified atom stereocenters. The van der Waals surface area contributed by atoms with Gasteiger partial charge in [0.05, 0.1) is 5.69 Å². The lowest BCUT2D eigenvalue weighted by Gasteiger charge is -2.19. The van der Waals surface area contributed by atoms with Crippen molar-refractivity contribution in [2.45, 2.75) is 24.7 Å². The van der Waals surface area contributed by atoms with Gasteiger partial charge in [-0.15, -0.1) is 0 Å². The first kappa shape index (κ1) is 22.8. The van der Waals surface area contributed by atoms with Crippen LogP contribution in [0.25, 0.3) is 22.6 Å². The van der Waals surface area contributed by atoms with Gasteiger partial charge < -0.3 is 0 Å². The van der Waals surface area contributed by atoms with Crippen LogP contribution in [0.5, 0.6) is 0 Å². The summed E-state index contributed by atoms with van der Waals surface area (Å²) in [5.74, 6) is -9.80. The second-order valence-corrected chi connectivity index (χ2v) is 6.64. The van der Waals surface area contributed by atoms with Crippen molar-refractivity contribution in [3.05, 3.63) is 59.3 Å². The first-order chi connectivity index (χ1) is 14.3. The Balaban J connectivity index is 2.06. The molecule has 2 heterocycles. The van der Waals surface area contributed by atoms with Crippen molar-refractivity contribution >= 4 is 11.6 Å². The molecule has 0 fully saturated rings. The number of hydrogen-bond acceptors (Lipinski definition) is 4. The molecule has 3 rings (SSSR count). The van der Waals surface area contributed by atoms with E-state index in [4.69, 9.17) is 11.6 Å².